The van der Waals surface area contributed by atoms with Gasteiger partial charge in [0.25, 0.3) is 0 Å². The number of hydrogen-bond donors (Lipinski definition) is 0. The molecule has 0 aromatic heterocycles. The van der Waals surface area contributed by atoms with Gasteiger partial charge in [0.2, 0.25) is 0 Å². The molecule has 8 fully saturated rings. The normalized spacial score (nSPS) is 38.2. The van der Waals surface area contributed by atoms with Crippen molar-refractivity contribution in [3.8, 4) is 0 Å². The molecule has 4 aromatic carbocycles. The Morgan fingerprint density at radius 1 is 0.260 bits per heavy atom. The van der Waals surface area contributed by atoms with Gasteiger partial charge in [0.15, 0.2) is 0 Å². The van der Waals surface area contributed by atoms with E-state index in [0.717, 1.165) is 198 Å². The summed E-state index contributed by atoms with van der Waals surface area (Å²) in [5.74, 6) is 23.2. The van der Waals surface area contributed by atoms with Crippen molar-refractivity contribution < 1.29 is 0 Å². The van der Waals surface area contributed by atoms with Crippen molar-refractivity contribution in [1.82, 2.24) is 0 Å². The van der Waals surface area contributed by atoms with Gasteiger partial charge in [0, 0.05) is 0 Å². The van der Waals surface area contributed by atoms with E-state index in [9.17, 15) is 0 Å². The van der Waals surface area contributed by atoms with Crippen LogP contribution >= 0.6 is 0 Å². The van der Waals surface area contributed by atoms with Crippen molar-refractivity contribution in [2.24, 2.45) is 166 Å². The van der Waals surface area contributed by atoms with Gasteiger partial charge in [0.05, 0.1) is 32.3 Å². The van der Waals surface area contributed by atoms with E-state index in [1.54, 1.807) is 22.3 Å². The molecule has 0 aliphatic heterocycles. The number of benzene rings is 4. The second-order valence-corrected chi connectivity index (χ2v) is 71.0. The maximum Gasteiger partial charge on any atom is 0.0550 e. The van der Waals surface area contributed by atoms with Gasteiger partial charge < -0.3 is 0 Å². The van der Waals surface area contributed by atoms with E-state index in [2.05, 4.69) is 458 Å². The van der Waals surface area contributed by atoms with E-state index in [1.807, 2.05) is 0 Å². The average Bonchev–Trinajstić information content (AvgIpc) is 1.59. The van der Waals surface area contributed by atoms with Crippen LogP contribution in [0.4, 0.5) is 0 Å². The van der Waals surface area contributed by atoms with Gasteiger partial charge in [-0.3, -0.25) is 0 Å². The zero-order valence-corrected chi connectivity index (χ0v) is 97.1. The predicted octanol–water partition coefficient (Wildman–Crippen LogP) is 39.6. The highest BCUT2D eigenvalue weighted by molar-refractivity contribution is 6.82. The SMILES string of the molecule is CC1CC2C(c3ccc(C(C)(C)C)cc3)=CC=CC2C1[Si](C)(C)C1C(C)C(C)C(C)C1C.CC1CC2C(c3ccccc3)=CC=CC2C1[Si](C)(C)C1C(C)C(C)C(C)C1C.CCC.CCC.CCC.CCC.Cc1ccc(C2=CC=CC3C2CC(C)C3[Si](C)(C)C2C(C)C(C)C(C)C2C)c(C)c1.Cc1ccc(C2=CC=CC3C2CC(C)C3[Si](C)(C)C2C(C)C(C)C(C)C2C)cc1. The van der Waals surface area contributed by atoms with E-state index >= 15 is 0 Å². The van der Waals surface area contributed by atoms with Crippen LogP contribution < -0.4 is 0 Å². The lowest BCUT2D eigenvalue weighted by molar-refractivity contribution is 0.352. The molecular weight excluding hydrogens is 1640 g/mol. The molecule has 0 bridgehead atoms. The van der Waals surface area contributed by atoms with Crippen LogP contribution in [0.15, 0.2) is 170 Å². The van der Waals surface area contributed by atoms with Gasteiger partial charge >= 0.3 is 0 Å². The van der Waals surface area contributed by atoms with Crippen molar-refractivity contribution in [3.63, 3.8) is 0 Å². The van der Waals surface area contributed by atoms with Crippen LogP contribution in [0.25, 0.3) is 22.3 Å². The molecule has 131 heavy (non-hydrogen) atoms. The van der Waals surface area contributed by atoms with Gasteiger partial charge in [-0.15, -0.1) is 0 Å². The number of hydrogen-bond acceptors (Lipinski definition) is 0. The molecule has 0 spiro atoms. The molecule has 16 rings (SSSR count). The van der Waals surface area contributed by atoms with E-state index in [-0.39, 0.29) is 5.41 Å². The van der Waals surface area contributed by atoms with Gasteiger partial charge in [-0.2, -0.15) is 0 Å². The Morgan fingerprint density at radius 2 is 0.481 bits per heavy atom. The van der Waals surface area contributed by atoms with E-state index < -0.39 is 32.3 Å². The van der Waals surface area contributed by atoms with Crippen molar-refractivity contribution in [1.29, 1.82) is 0 Å². The summed E-state index contributed by atoms with van der Waals surface area (Å²) in [6, 6.07) is 37.0. The van der Waals surface area contributed by atoms with Crippen LogP contribution in [0.2, 0.25) is 96.7 Å². The topological polar surface area (TPSA) is 0 Å². The maximum atomic E-state index is 2.77. The van der Waals surface area contributed by atoms with Crippen molar-refractivity contribution in [2.75, 3.05) is 0 Å². The summed E-state index contributed by atoms with van der Waals surface area (Å²) >= 11 is 0. The largest absolute Gasteiger partial charge is 0.0808 e. The number of allylic oxidation sites excluding steroid dienone is 16. The summed E-state index contributed by atoms with van der Waals surface area (Å²) in [6.45, 7) is 104. The molecule has 730 valence electrons. The van der Waals surface area contributed by atoms with Crippen molar-refractivity contribution in [2.45, 2.75) is 389 Å². The van der Waals surface area contributed by atoms with Gasteiger partial charge in [-0.05, 0) is 318 Å². The fraction of sp³-hybridized carbons (Fsp3) is 0.685. The summed E-state index contributed by atoms with van der Waals surface area (Å²) in [5, 5.41) is 0. The third-order valence-electron chi connectivity index (χ3n) is 40.1. The Balaban J connectivity index is 0.000000189. The first-order chi connectivity index (χ1) is 61.4. The number of rotatable bonds is 12. The zero-order valence-electron chi connectivity index (χ0n) is 93.1. The molecule has 0 radical (unpaired) electrons. The number of aryl methyl sites for hydroxylation is 3. The molecule has 4 heteroatoms. The molecule has 32 atom stereocenters. The zero-order chi connectivity index (χ0) is 97.7. The van der Waals surface area contributed by atoms with E-state index in [1.165, 1.54) is 95.9 Å². The molecule has 0 nitrogen and oxygen atoms in total. The maximum absolute atomic E-state index is 2.77. The third-order valence-corrected chi connectivity index (χ3v) is 61.9. The lowest BCUT2D eigenvalue weighted by Crippen LogP contribution is -2.45. The van der Waals surface area contributed by atoms with Crippen LogP contribution in [-0.2, 0) is 5.41 Å². The quantitative estimate of drug-likeness (QED) is 0.124. The van der Waals surface area contributed by atoms with Crippen molar-refractivity contribution >= 4 is 54.6 Å². The molecular formula is C127H206Si4. The lowest BCUT2D eigenvalue weighted by atomic mass is 9.80. The Bertz CT molecular complexity index is 4430. The van der Waals surface area contributed by atoms with Crippen LogP contribution in [-0.4, -0.2) is 32.3 Å². The molecule has 0 amide bonds. The van der Waals surface area contributed by atoms with Crippen LogP contribution in [0.5, 0.6) is 0 Å². The Kier molecular flexibility index (Phi) is 38.9. The van der Waals surface area contributed by atoms with Crippen LogP contribution in [0.1, 0.15) is 311 Å². The Morgan fingerprint density at radius 3 is 0.725 bits per heavy atom. The van der Waals surface area contributed by atoms with Gasteiger partial charge in [-0.1, -0.05) is 474 Å². The number of fused-ring (bicyclic) bond motifs is 4. The molecule has 0 saturated heterocycles. The molecule has 12 aliphatic carbocycles. The summed E-state index contributed by atoms with van der Waals surface area (Å²) in [7, 11) is -5.77. The third kappa shape index (κ3) is 22.7. The molecule has 0 N–H and O–H groups in total. The Hall–Kier alpha value is -4.33. The minimum absolute atomic E-state index is 0.216. The van der Waals surface area contributed by atoms with Crippen molar-refractivity contribution in [3.05, 3.63) is 214 Å². The molecule has 8 saturated carbocycles. The molecule has 12 aliphatic rings. The first kappa shape index (κ1) is 110. The Labute approximate surface area is 817 Å². The first-order valence-corrected chi connectivity index (χ1v) is 67.9. The standard InChI is InChI=1S/C31H48Si.C29H44Si.C28H42Si.C27H40Si.4C3H8/c1-19-18-28-26(24-14-16-25(17-15-24)31(6,7)8)12-11-13-27(28)29(19)32(9,10)30-22(4)20(2)21(3)23(30)5;1-17-13-14-24(18(2)15-17)25-11-10-12-26-27(25)16-19(3)28(26)30(8,9)29-22(6)20(4)21(5)23(29)7;1-17-12-14-23(15-13-17)24-10-9-11-25-26(24)16-18(2)27(25)29(7,8)28-21(5)19(3)20(4)22(28)6;1-17-16-25-23(22-12-9-8-10-13-22)14-11-15-24(25)26(17)28(6,7)27-20(4)18(2)19(3)21(27)5;4*1-3-2/h11-17,19-23,27-30H,18H2,1-10H3;10-15,19-23,26-29H,16H2,1-9H3;9-15,18-22,25-28H,16H2,1-8H3;8-15,17-21,24-27H,16H2,1-7H3;4*3H2,1-2H3. The highest BCUT2D eigenvalue weighted by atomic mass is 28.3. The summed E-state index contributed by atoms with van der Waals surface area (Å²) < 4.78 is 0. The lowest BCUT2D eigenvalue weighted by Gasteiger charge is -2.45. The summed E-state index contributed by atoms with van der Waals surface area (Å²) in [4.78, 5) is 0. The second-order valence-electron chi connectivity index (χ2n) is 51.1. The minimum atomic E-state index is -1.46. The van der Waals surface area contributed by atoms with E-state index in [4.69, 9.17) is 0 Å². The fourth-order valence-electron chi connectivity index (χ4n) is 33.8. The molecule has 4 aromatic rings. The average molecular weight is 1850 g/mol. The summed E-state index contributed by atoms with van der Waals surface area (Å²) in [5.41, 5.74) is 25.5. The monoisotopic (exact) mass is 1840 g/mol. The minimum Gasteiger partial charge on any atom is -0.0808 e. The molecule has 0 heterocycles. The van der Waals surface area contributed by atoms with Crippen LogP contribution in [0.3, 0.4) is 0 Å². The van der Waals surface area contributed by atoms with E-state index in [0.29, 0.717) is 11.8 Å². The fourth-order valence-corrected chi connectivity index (χ4v) is 60.6. The highest BCUT2D eigenvalue weighted by Gasteiger charge is 2.63. The molecule has 32 unspecified atom stereocenters. The smallest absolute Gasteiger partial charge is 0.0550 e. The first-order valence-electron chi connectivity index (χ1n) is 55.3. The van der Waals surface area contributed by atoms with Gasteiger partial charge in [0.1, 0.15) is 0 Å². The summed E-state index contributed by atoms with van der Waals surface area (Å²) in [6.07, 6.45) is 40.2. The van der Waals surface area contributed by atoms with Crippen LogP contribution in [0, 0.1) is 186 Å². The second kappa shape index (κ2) is 46.2. The highest BCUT2D eigenvalue weighted by Crippen LogP contribution is 2.70. The van der Waals surface area contributed by atoms with Gasteiger partial charge in [-0.25, -0.2) is 0 Å². The predicted molar refractivity (Wildman–Crippen MR) is 601 cm³/mol.